The summed E-state index contributed by atoms with van der Waals surface area (Å²) in [5.41, 5.74) is 2.71. The number of hydrogen-bond donors (Lipinski definition) is 0. The largest absolute Gasteiger partial charge is 0.339 e. The zero-order valence-electron chi connectivity index (χ0n) is 19.2. The summed E-state index contributed by atoms with van der Waals surface area (Å²) in [5.74, 6) is 2.45. The number of carbonyl (C=O) groups excluding carboxylic acids is 1. The highest BCUT2D eigenvalue weighted by molar-refractivity contribution is 7.12. The third-order valence-corrected chi connectivity index (χ3v) is 7.40. The molecule has 1 amide bonds. The summed E-state index contributed by atoms with van der Waals surface area (Å²) in [6, 6.07) is 16.1. The zero-order chi connectivity index (χ0) is 23.6. The van der Waals surface area contributed by atoms with Gasteiger partial charge in [-0.2, -0.15) is 0 Å². The molecule has 0 radical (unpaired) electrons. The van der Waals surface area contributed by atoms with Gasteiger partial charge in [0.1, 0.15) is 17.2 Å². The molecule has 5 aromatic rings. The van der Waals surface area contributed by atoms with Crippen molar-refractivity contribution in [3.05, 3.63) is 96.1 Å². The van der Waals surface area contributed by atoms with Gasteiger partial charge in [0.25, 0.3) is 5.91 Å². The molecule has 4 heterocycles. The van der Waals surface area contributed by atoms with Crippen LogP contribution in [0.5, 0.6) is 0 Å². The number of carbonyl (C=O) groups is 1. The highest BCUT2D eigenvalue weighted by Gasteiger charge is 2.27. The molecule has 0 aliphatic carbocycles. The maximum atomic E-state index is 13.1. The van der Waals surface area contributed by atoms with Gasteiger partial charge >= 0.3 is 0 Å². The predicted molar refractivity (Wildman–Crippen MR) is 134 cm³/mol. The lowest BCUT2D eigenvalue weighted by atomic mass is 9.95. The van der Waals surface area contributed by atoms with E-state index in [-0.39, 0.29) is 5.91 Å². The molecule has 2 aromatic carbocycles. The minimum atomic E-state index is 0.0598. The quantitative estimate of drug-likeness (QED) is 0.362. The van der Waals surface area contributed by atoms with Crippen molar-refractivity contribution in [2.24, 2.45) is 0 Å². The summed E-state index contributed by atoms with van der Waals surface area (Å²) >= 11 is 1.34. The molecule has 9 heteroatoms. The van der Waals surface area contributed by atoms with Crippen LogP contribution >= 0.6 is 11.5 Å². The van der Waals surface area contributed by atoms with Gasteiger partial charge in [-0.25, -0.2) is 9.97 Å². The van der Waals surface area contributed by atoms with Crippen molar-refractivity contribution in [2.45, 2.75) is 31.8 Å². The van der Waals surface area contributed by atoms with E-state index in [0.717, 1.165) is 41.3 Å². The summed E-state index contributed by atoms with van der Waals surface area (Å²) in [5, 5.41) is 4.10. The van der Waals surface area contributed by atoms with Gasteiger partial charge < -0.3 is 14.0 Å². The first-order chi connectivity index (χ1) is 17.2. The van der Waals surface area contributed by atoms with Crippen molar-refractivity contribution in [3.8, 4) is 0 Å². The molecule has 3 aromatic heterocycles. The molecule has 0 bridgehead atoms. The molecule has 0 atom stereocenters. The first kappa shape index (κ1) is 21.7. The second kappa shape index (κ2) is 9.42. The summed E-state index contributed by atoms with van der Waals surface area (Å²) in [4.78, 5) is 24.3. The third kappa shape index (κ3) is 4.46. The van der Waals surface area contributed by atoms with Crippen LogP contribution in [-0.4, -0.2) is 52.6 Å². The van der Waals surface area contributed by atoms with Gasteiger partial charge in [-0.15, -0.1) is 5.10 Å². The van der Waals surface area contributed by atoms with Crippen LogP contribution in [0.3, 0.4) is 0 Å². The molecular formula is C26H25N7OS. The fourth-order valence-corrected chi connectivity index (χ4v) is 5.36. The number of aromatic nitrogens is 6. The van der Waals surface area contributed by atoms with Gasteiger partial charge in [0.15, 0.2) is 0 Å². The summed E-state index contributed by atoms with van der Waals surface area (Å²) in [7, 11) is 0. The summed E-state index contributed by atoms with van der Waals surface area (Å²) in [6.45, 7) is 2.90. The average Bonchev–Trinajstić information content (AvgIpc) is 3.66. The normalized spacial score (nSPS) is 14.6. The minimum absolute atomic E-state index is 0.0598. The minimum Gasteiger partial charge on any atom is -0.339 e. The average molecular weight is 484 g/mol. The summed E-state index contributed by atoms with van der Waals surface area (Å²) < 4.78 is 9.35. The lowest BCUT2D eigenvalue weighted by Crippen LogP contribution is -2.38. The van der Waals surface area contributed by atoms with E-state index in [9.17, 15) is 4.79 Å². The molecule has 1 aliphatic rings. The Balaban J connectivity index is 1.12. The van der Waals surface area contributed by atoms with Gasteiger partial charge in [0, 0.05) is 55.9 Å². The molecule has 0 saturated carbocycles. The van der Waals surface area contributed by atoms with E-state index < -0.39 is 0 Å². The van der Waals surface area contributed by atoms with E-state index in [1.165, 1.54) is 17.1 Å². The molecule has 176 valence electrons. The van der Waals surface area contributed by atoms with Crippen molar-refractivity contribution < 1.29 is 4.79 Å². The van der Waals surface area contributed by atoms with E-state index in [1.807, 2.05) is 54.0 Å². The van der Waals surface area contributed by atoms with Crippen LogP contribution in [0, 0.1) is 0 Å². The lowest BCUT2D eigenvalue weighted by Gasteiger charge is -2.32. The highest BCUT2D eigenvalue weighted by atomic mass is 32.1. The van der Waals surface area contributed by atoms with Crippen LogP contribution in [0.2, 0.25) is 0 Å². The Bertz CT molecular complexity index is 1450. The SMILES string of the molecule is O=C(c1ccc2snnc2c1)N1CCC(c2nccn2Cc2nccn2Cc2ccccc2)CC1. The van der Waals surface area contributed by atoms with E-state index in [1.54, 1.807) is 0 Å². The van der Waals surface area contributed by atoms with Crippen molar-refractivity contribution in [3.63, 3.8) is 0 Å². The van der Waals surface area contributed by atoms with Crippen LogP contribution in [0.25, 0.3) is 10.2 Å². The van der Waals surface area contributed by atoms with Crippen LogP contribution in [0.15, 0.2) is 73.3 Å². The van der Waals surface area contributed by atoms with Gasteiger partial charge in [0.2, 0.25) is 0 Å². The topological polar surface area (TPSA) is 81.7 Å². The van der Waals surface area contributed by atoms with E-state index in [2.05, 4.69) is 48.0 Å². The van der Waals surface area contributed by atoms with Crippen LogP contribution in [0.1, 0.15) is 46.3 Å². The number of likely N-dealkylation sites (tertiary alicyclic amines) is 1. The predicted octanol–water partition coefficient (Wildman–Crippen LogP) is 4.20. The monoisotopic (exact) mass is 483 g/mol. The molecule has 6 rings (SSSR count). The smallest absolute Gasteiger partial charge is 0.253 e. The molecule has 8 nitrogen and oxygen atoms in total. The maximum absolute atomic E-state index is 13.1. The number of hydrogen-bond acceptors (Lipinski definition) is 6. The Hall–Kier alpha value is -3.85. The first-order valence-electron chi connectivity index (χ1n) is 11.8. The fraction of sp³-hybridized carbons (Fsp3) is 0.269. The molecule has 1 saturated heterocycles. The Morgan fingerprint density at radius 1 is 0.943 bits per heavy atom. The number of benzene rings is 2. The summed E-state index contributed by atoms with van der Waals surface area (Å²) in [6.07, 6.45) is 9.57. The van der Waals surface area contributed by atoms with Crippen LogP contribution in [-0.2, 0) is 13.1 Å². The molecule has 35 heavy (non-hydrogen) atoms. The molecule has 1 fully saturated rings. The number of rotatable bonds is 6. The molecular weight excluding hydrogens is 458 g/mol. The maximum Gasteiger partial charge on any atom is 0.253 e. The number of amides is 1. The van der Waals surface area contributed by atoms with Crippen molar-refractivity contribution >= 4 is 27.7 Å². The second-order valence-electron chi connectivity index (χ2n) is 8.89. The van der Waals surface area contributed by atoms with Gasteiger partial charge in [-0.3, -0.25) is 4.79 Å². The Labute approximate surface area is 207 Å². The zero-order valence-corrected chi connectivity index (χ0v) is 20.0. The van der Waals surface area contributed by atoms with Gasteiger partial charge in [-0.1, -0.05) is 34.8 Å². The van der Waals surface area contributed by atoms with Crippen molar-refractivity contribution in [1.82, 2.24) is 33.6 Å². The fourth-order valence-electron chi connectivity index (χ4n) is 4.82. The van der Waals surface area contributed by atoms with Crippen LogP contribution < -0.4 is 0 Å². The highest BCUT2D eigenvalue weighted by Crippen LogP contribution is 2.28. The van der Waals surface area contributed by atoms with Gasteiger partial charge in [0.05, 0.1) is 11.2 Å². The first-order valence-corrected chi connectivity index (χ1v) is 12.6. The second-order valence-corrected chi connectivity index (χ2v) is 9.68. The van der Waals surface area contributed by atoms with Crippen molar-refractivity contribution in [2.75, 3.05) is 13.1 Å². The Morgan fingerprint density at radius 3 is 2.60 bits per heavy atom. The number of fused-ring (bicyclic) bond motifs is 1. The molecule has 0 unspecified atom stereocenters. The third-order valence-electron chi connectivity index (χ3n) is 6.70. The Morgan fingerprint density at radius 2 is 1.74 bits per heavy atom. The van der Waals surface area contributed by atoms with Gasteiger partial charge in [-0.05, 0) is 48.1 Å². The number of imidazole rings is 2. The number of nitrogens with zero attached hydrogens (tertiary/aromatic N) is 7. The standard InChI is InChI=1S/C26H25N7OS/c34-26(21-6-7-23-22(16-21)29-30-35-23)31-12-8-20(9-13-31)25-28-11-15-33(25)18-24-27-10-14-32(24)17-19-4-2-1-3-5-19/h1-7,10-11,14-16,20H,8-9,12-13,17-18H2. The van der Waals surface area contributed by atoms with Crippen LogP contribution in [0.4, 0.5) is 0 Å². The van der Waals surface area contributed by atoms with E-state index in [4.69, 9.17) is 4.98 Å². The molecule has 0 N–H and O–H groups in total. The molecule has 1 aliphatic heterocycles. The Kier molecular flexibility index (Phi) is 5.83. The lowest BCUT2D eigenvalue weighted by molar-refractivity contribution is 0.0710. The van der Waals surface area contributed by atoms with Crippen molar-refractivity contribution in [1.29, 1.82) is 0 Å². The van der Waals surface area contributed by atoms with E-state index >= 15 is 0 Å². The number of piperidine rings is 1. The van der Waals surface area contributed by atoms with E-state index in [0.29, 0.717) is 31.1 Å². The molecule has 0 spiro atoms.